The number of pyridine rings is 1. The van der Waals surface area contributed by atoms with Crippen molar-refractivity contribution in [2.45, 2.75) is 0 Å². The van der Waals surface area contributed by atoms with E-state index in [1.165, 1.54) is 11.3 Å². The Morgan fingerprint density at radius 2 is 2.14 bits per heavy atom. The standard InChI is InChI=1S/C14H12N4O2S/c1-20-10-3-2-9(15)11-8(10)4-5-16-12(11)13(19)18-14-17-6-7-21-14/h2-7H,15H2,1H3,(H,17,18,19). The predicted octanol–water partition coefficient (Wildman–Crippen LogP) is 2.53. The van der Waals surface area contributed by atoms with Crippen molar-refractivity contribution in [3.05, 3.63) is 41.7 Å². The van der Waals surface area contributed by atoms with E-state index in [1.54, 1.807) is 43.1 Å². The number of hydrogen-bond donors (Lipinski definition) is 2. The van der Waals surface area contributed by atoms with Crippen LogP contribution in [0.5, 0.6) is 5.75 Å². The van der Waals surface area contributed by atoms with Crippen molar-refractivity contribution in [2.24, 2.45) is 0 Å². The lowest BCUT2D eigenvalue weighted by atomic mass is 10.1. The molecule has 21 heavy (non-hydrogen) atoms. The number of anilines is 2. The second kappa shape index (κ2) is 5.37. The van der Waals surface area contributed by atoms with E-state index in [2.05, 4.69) is 15.3 Å². The molecule has 2 heterocycles. The summed E-state index contributed by atoms with van der Waals surface area (Å²) in [7, 11) is 1.57. The molecule has 0 saturated carbocycles. The van der Waals surface area contributed by atoms with Crippen LogP contribution in [0.4, 0.5) is 10.8 Å². The van der Waals surface area contributed by atoms with Gasteiger partial charge in [-0.2, -0.15) is 0 Å². The minimum Gasteiger partial charge on any atom is -0.496 e. The van der Waals surface area contributed by atoms with Crippen LogP contribution in [-0.4, -0.2) is 23.0 Å². The van der Waals surface area contributed by atoms with Gasteiger partial charge in [-0.1, -0.05) is 0 Å². The zero-order valence-electron chi connectivity index (χ0n) is 11.2. The number of benzene rings is 1. The van der Waals surface area contributed by atoms with Crippen LogP contribution in [0.25, 0.3) is 10.8 Å². The van der Waals surface area contributed by atoms with E-state index in [9.17, 15) is 4.79 Å². The third-order valence-electron chi connectivity index (χ3n) is 3.01. The third-order valence-corrected chi connectivity index (χ3v) is 3.70. The van der Waals surface area contributed by atoms with E-state index in [0.717, 1.165) is 5.39 Å². The summed E-state index contributed by atoms with van der Waals surface area (Å²) in [6, 6.07) is 5.23. The monoisotopic (exact) mass is 300 g/mol. The van der Waals surface area contributed by atoms with Crippen molar-refractivity contribution >= 4 is 38.8 Å². The van der Waals surface area contributed by atoms with Gasteiger partial charge in [0.25, 0.3) is 5.91 Å². The quantitative estimate of drug-likeness (QED) is 0.725. The number of methoxy groups -OCH3 is 1. The van der Waals surface area contributed by atoms with Gasteiger partial charge in [-0.25, -0.2) is 4.98 Å². The first kappa shape index (κ1) is 13.3. The van der Waals surface area contributed by atoms with Crippen LogP contribution in [0.15, 0.2) is 36.0 Å². The van der Waals surface area contributed by atoms with Crippen LogP contribution in [-0.2, 0) is 0 Å². The smallest absolute Gasteiger partial charge is 0.276 e. The molecule has 3 N–H and O–H groups in total. The average molecular weight is 300 g/mol. The molecule has 2 aromatic heterocycles. The molecule has 0 atom stereocenters. The first-order valence-corrected chi connectivity index (χ1v) is 7.00. The first-order valence-electron chi connectivity index (χ1n) is 6.12. The van der Waals surface area contributed by atoms with Gasteiger partial charge in [0.15, 0.2) is 5.13 Å². The molecule has 0 spiro atoms. The van der Waals surface area contributed by atoms with E-state index < -0.39 is 0 Å². The minimum atomic E-state index is -0.351. The Kier molecular flexibility index (Phi) is 3.41. The van der Waals surface area contributed by atoms with Crippen molar-refractivity contribution < 1.29 is 9.53 Å². The maximum Gasteiger partial charge on any atom is 0.276 e. The largest absolute Gasteiger partial charge is 0.496 e. The Morgan fingerprint density at radius 3 is 2.86 bits per heavy atom. The molecule has 0 aliphatic heterocycles. The highest BCUT2D eigenvalue weighted by atomic mass is 32.1. The maximum atomic E-state index is 12.4. The van der Waals surface area contributed by atoms with Crippen LogP contribution in [0.3, 0.4) is 0 Å². The SMILES string of the molecule is COc1ccc(N)c2c(C(=O)Nc3nccs3)nccc12. The Labute approximate surface area is 124 Å². The van der Waals surface area contributed by atoms with Crippen molar-refractivity contribution in [1.29, 1.82) is 0 Å². The van der Waals surface area contributed by atoms with Crippen molar-refractivity contribution in [3.8, 4) is 5.75 Å². The third kappa shape index (κ3) is 2.38. The van der Waals surface area contributed by atoms with Crippen LogP contribution < -0.4 is 15.8 Å². The molecule has 0 bridgehead atoms. The summed E-state index contributed by atoms with van der Waals surface area (Å²) in [6.45, 7) is 0. The fourth-order valence-electron chi connectivity index (χ4n) is 2.09. The molecule has 1 aromatic carbocycles. The van der Waals surface area contributed by atoms with Crippen LogP contribution in [0, 0.1) is 0 Å². The number of rotatable bonds is 3. The summed E-state index contributed by atoms with van der Waals surface area (Å²) in [6.07, 6.45) is 3.18. The number of nitrogens with one attached hydrogen (secondary N) is 1. The maximum absolute atomic E-state index is 12.4. The van der Waals surface area contributed by atoms with E-state index in [4.69, 9.17) is 10.5 Å². The van der Waals surface area contributed by atoms with Gasteiger partial charge in [0, 0.05) is 34.2 Å². The number of nitrogens with zero attached hydrogens (tertiary/aromatic N) is 2. The summed E-state index contributed by atoms with van der Waals surface area (Å²) < 4.78 is 5.30. The summed E-state index contributed by atoms with van der Waals surface area (Å²) in [5.74, 6) is 0.292. The Morgan fingerprint density at radius 1 is 1.29 bits per heavy atom. The molecular weight excluding hydrogens is 288 g/mol. The van der Waals surface area contributed by atoms with Crippen molar-refractivity contribution in [3.63, 3.8) is 0 Å². The molecule has 0 fully saturated rings. The molecule has 0 aliphatic carbocycles. The zero-order valence-corrected chi connectivity index (χ0v) is 12.0. The lowest BCUT2D eigenvalue weighted by molar-refractivity contribution is 0.102. The summed E-state index contributed by atoms with van der Waals surface area (Å²) in [5.41, 5.74) is 6.73. The highest BCUT2D eigenvalue weighted by molar-refractivity contribution is 7.13. The van der Waals surface area contributed by atoms with Gasteiger partial charge in [-0.3, -0.25) is 15.1 Å². The van der Waals surface area contributed by atoms with E-state index in [1.807, 2.05) is 0 Å². The second-order valence-electron chi connectivity index (χ2n) is 4.23. The number of aromatic nitrogens is 2. The number of amides is 1. The molecule has 7 heteroatoms. The molecule has 1 amide bonds. The van der Waals surface area contributed by atoms with Gasteiger partial charge in [-0.15, -0.1) is 11.3 Å². The van der Waals surface area contributed by atoms with Crippen LogP contribution in [0.2, 0.25) is 0 Å². The highest BCUT2D eigenvalue weighted by Crippen LogP contribution is 2.31. The lowest BCUT2D eigenvalue weighted by Gasteiger charge is -2.10. The van der Waals surface area contributed by atoms with Crippen molar-refractivity contribution in [1.82, 2.24) is 9.97 Å². The van der Waals surface area contributed by atoms with Gasteiger partial charge >= 0.3 is 0 Å². The predicted molar refractivity (Wildman–Crippen MR) is 82.8 cm³/mol. The van der Waals surface area contributed by atoms with E-state index in [0.29, 0.717) is 22.0 Å². The number of fused-ring (bicyclic) bond motifs is 1. The number of carbonyl (C=O) groups excluding carboxylic acids is 1. The summed E-state index contributed by atoms with van der Waals surface area (Å²) in [5, 5.41) is 6.32. The summed E-state index contributed by atoms with van der Waals surface area (Å²) >= 11 is 1.34. The molecule has 0 unspecified atom stereocenters. The van der Waals surface area contributed by atoms with Crippen molar-refractivity contribution in [2.75, 3.05) is 18.2 Å². The summed E-state index contributed by atoms with van der Waals surface area (Å²) in [4.78, 5) is 20.5. The Hall–Kier alpha value is -2.67. The van der Waals surface area contributed by atoms with Gasteiger partial charge in [-0.05, 0) is 18.2 Å². The molecule has 0 radical (unpaired) electrons. The number of nitrogen functional groups attached to an aromatic ring is 1. The Balaban J connectivity index is 2.12. The number of carbonyl (C=O) groups is 1. The Bertz CT molecular complexity index is 802. The van der Waals surface area contributed by atoms with Crippen LogP contribution in [0.1, 0.15) is 10.5 Å². The number of ether oxygens (including phenoxy) is 1. The molecular formula is C14H12N4O2S. The molecule has 106 valence electrons. The number of thiazole rings is 1. The molecule has 0 saturated heterocycles. The molecule has 0 aliphatic rings. The lowest BCUT2D eigenvalue weighted by Crippen LogP contribution is -2.14. The fraction of sp³-hybridized carbons (Fsp3) is 0.0714. The zero-order chi connectivity index (χ0) is 14.8. The van der Waals surface area contributed by atoms with Crippen LogP contribution >= 0.6 is 11.3 Å². The number of nitrogens with two attached hydrogens (primary N) is 1. The van der Waals surface area contributed by atoms with E-state index >= 15 is 0 Å². The fourth-order valence-corrected chi connectivity index (χ4v) is 2.61. The van der Waals surface area contributed by atoms with Gasteiger partial charge in [0.05, 0.1) is 7.11 Å². The average Bonchev–Trinajstić information content (AvgIpc) is 3.00. The normalized spacial score (nSPS) is 10.5. The molecule has 3 aromatic rings. The number of hydrogen-bond acceptors (Lipinski definition) is 6. The highest BCUT2D eigenvalue weighted by Gasteiger charge is 2.17. The second-order valence-corrected chi connectivity index (χ2v) is 5.13. The minimum absolute atomic E-state index is 0.249. The first-order chi connectivity index (χ1) is 10.2. The topological polar surface area (TPSA) is 90.1 Å². The van der Waals surface area contributed by atoms with E-state index in [-0.39, 0.29) is 11.6 Å². The molecule has 3 rings (SSSR count). The van der Waals surface area contributed by atoms with Gasteiger partial charge in [0.2, 0.25) is 0 Å². The molecule has 6 nitrogen and oxygen atoms in total. The van der Waals surface area contributed by atoms with Gasteiger partial charge in [0.1, 0.15) is 11.4 Å². The van der Waals surface area contributed by atoms with Gasteiger partial charge < -0.3 is 10.5 Å².